The summed E-state index contributed by atoms with van der Waals surface area (Å²) in [4.78, 5) is 33.4. The molecule has 0 saturated carbocycles. The van der Waals surface area contributed by atoms with Crippen LogP contribution in [0, 0.1) is 0 Å². The molecular weight excluding hydrogens is 354 g/mol. The molecule has 8 heteroatoms. The molecule has 7 nitrogen and oxygen atoms in total. The van der Waals surface area contributed by atoms with Crippen LogP contribution in [0.15, 0.2) is 30.7 Å². The third-order valence-electron chi connectivity index (χ3n) is 4.34. The van der Waals surface area contributed by atoms with Crippen molar-refractivity contribution in [3.8, 4) is 0 Å². The largest absolute Gasteiger partial charge is 0.348 e. The smallest absolute Gasteiger partial charge is 0.319 e. The lowest BCUT2D eigenvalue weighted by atomic mass is 10.1. The van der Waals surface area contributed by atoms with Crippen LogP contribution < -0.4 is 10.6 Å². The van der Waals surface area contributed by atoms with E-state index < -0.39 is 0 Å². The Kier molecular flexibility index (Phi) is 6.12. The van der Waals surface area contributed by atoms with Crippen LogP contribution in [-0.4, -0.2) is 46.4 Å². The maximum atomic E-state index is 12.6. The molecule has 138 valence electrons. The fourth-order valence-corrected chi connectivity index (χ4v) is 3.10. The molecule has 2 aromatic rings. The molecule has 26 heavy (non-hydrogen) atoms. The van der Waals surface area contributed by atoms with Crippen molar-refractivity contribution in [2.24, 2.45) is 0 Å². The number of carbonyl (C=O) groups is 2. The predicted molar refractivity (Wildman–Crippen MR) is 101 cm³/mol. The minimum absolute atomic E-state index is 0.0240. The van der Waals surface area contributed by atoms with Crippen LogP contribution in [0.2, 0.25) is 5.02 Å². The van der Waals surface area contributed by atoms with Gasteiger partial charge in [-0.1, -0.05) is 11.6 Å². The molecular formula is C18H22ClN5O2. The van der Waals surface area contributed by atoms with Gasteiger partial charge in [0.1, 0.15) is 0 Å². The standard InChI is InChI=1S/C18H22ClN5O2/c19-15-5-4-13(17(25)24-8-2-1-3-9-24)10-16(15)23-18(26)21-7-6-14-11-20-12-22-14/h4-5,10-12H,1-3,6-9H2,(H,20,22)(H2,21,23,26). The quantitative estimate of drug-likeness (QED) is 0.750. The second-order valence-corrected chi connectivity index (χ2v) is 6.66. The predicted octanol–water partition coefficient (Wildman–Crippen LogP) is 3.05. The van der Waals surface area contributed by atoms with Gasteiger partial charge in [-0.15, -0.1) is 0 Å². The first-order chi connectivity index (χ1) is 12.6. The number of rotatable bonds is 5. The number of aromatic nitrogens is 2. The Bertz CT molecular complexity index is 757. The minimum atomic E-state index is -0.367. The lowest BCUT2D eigenvalue weighted by Crippen LogP contribution is -2.35. The number of anilines is 1. The molecule has 0 aliphatic carbocycles. The van der Waals surface area contributed by atoms with Crippen LogP contribution in [0.5, 0.6) is 0 Å². The second kappa shape index (κ2) is 8.71. The zero-order valence-electron chi connectivity index (χ0n) is 14.4. The average molecular weight is 376 g/mol. The molecule has 3 amide bonds. The molecule has 0 bridgehead atoms. The van der Waals surface area contributed by atoms with E-state index in [1.807, 2.05) is 4.90 Å². The first-order valence-corrected chi connectivity index (χ1v) is 9.12. The molecule has 1 saturated heterocycles. The number of aromatic amines is 1. The molecule has 0 spiro atoms. The third-order valence-corrected chi connectivity index (χ3v) is 4.67. The van der Waals surface area contributed by atoms with Gasteiger partial charge in [0.2, 0.25) is 0 Å². The summed E-state index contributed by atoms with van der Waals surface area (Å²) in [5.41, 5.74) is 1.90. The van der Waals surface area contributed by atoms with Crippen molar-refractivity contribution >= 4 is 29.2 Å². The van der Waals surface area contributed by atoms with E-state index in [9.17, 15) is 9.59 Å². The fraction of sp³-hybridized carbons (Fsp3) is 0.389. The normalized spacial score (nSPS) is 14.1. The van der Waals surface area contributed by atoms with E-state index in [0.717, 1.165) is 38.0 Å². The summed E-state index contributed by atoms with van der Waals surface area (Å²) < 4.78 is 0. The molecule has 0 atom stereocenters. The first-order valence-electron chi connectivity index (χ1n) is 8.74. The molecule has 2 heterocycles. The Morgan fingerprint density at radius 1 is 1.23 bits per heavy atom. The molecule has 3 N–H and O–H groups in total. The van der Waals surface area contributed by atoms with Gasteiger partial charge in [0.15, 0.2) is 0 Å². The number of hydrogen-bond acceptors (Lipinski definition) is 3. The van der Waals surface area contributed by atoms with Crippen LogP contribution in [0.3, 0.4) is 0 Å². The monoisotopic (exact) mass is 375 g/mol. The number of nitrogens with zero attached hydrogens (tertiary/aromatic N) is 2. The molecule has 0 radical (unpaired) electrons. The van der Waals surface area contributed by atoms with Crippen molar-refractivity contribution in [3.05, 3.63) is 47.0 Å². The number of nitrogens with one attached hydrogen (secondary N) is 3. The van der Waals surface area contributed by atoms with E-state index in [-0.39, 0.29) is 11.9 Å². The number of halogens is 1. The Morgan fingerprint density at radius 3 is 2.77 bits per heavy atom. The van der Waals surface area contributed by atoms with Crippen molar-refractivity contribution in [1.82, 2.24) is 20.2 Å². The minimum Gasteiger partial charge on any atom is -0.348 e. The number of benzene rings is 1. The van der Waals surface area contributed by atoms with Crippen LogP contribution in [-0.2, 0) is 6.42 Å². The van der Waals surface area contributed by atoms with Gasteiger partial charge < -0.3 is 20.5 Å². The SMILES string of the molecule is O=C(NCCc1cnc[nH]1)Nc1cc(C(=O)N2CCCCC2)ccc1Cl. The zero-order chi connectivity index (χ0) is 18.4. The number of hydrogen-bond donors (Lipinski definition) is 3. The molecule has 3 rings (SSSR count). The van der Waals surface area contributed by atoms with Gasteiger partial charge in [-0.3, -0.25) is 4.79 Å². The highest BCUT2D eigenvalue weighted by atomic mass is 35.5. The average Bonchev–Trinajstić information content (AvgIpc) is 3.17. The Labute approximate surface area is 157 Å². The zero-order valence-corrected chi connectivity index (χ0v) is 15.2. The lowest BCUT2D eigenvalue weighted by molar-refractivity contribution is 0.0724. The van der Waals surface area contributed by atoms with Crippen LogP contribution in [0.25, 0.3) is 0 Å². The van der Waals surface area contributed by atoms with E-state index in [1.165, 1.54) is 0 Å². The highest BCUT2D eigenvalue weighted by Crippen LogP contribution is 2.24. The van der Waals surface area contributed by atoms with Crippen molar-refractivity contribution < 1.29 is 9.59 Å². The van der Waals surface area contributed by atoms with E-state index >= 15 is 0 Å². The molecule has 1 fully saturated rings. The van der Waals surface area contributed by atoms with Crippen molar-refractivity contribution in [2.45, 2.75) is 25.7 Å². The number of piperidine rings is 1. The number of H-pyrrole nitrogens is 1. The second-order valence-electron chi connectivity index (χ2n) is 6.26. The fourth-order valence-electron chi connectivity index (χ4n) is 2.93. The number of likely N-dealkylation sites (tertiary alicyclic amines) is 1. The van der Waals surface area contributed by atoms with Crippen LogP contribution in [0.1, 0.15) is 35.3 Å². The van der Waals surface area contributed by atoms with Gasteiger partial charge in [-0.2, -0.15) is 0 Å². The summed E-state index contributed by atoms with van der Waals surface area (Å²) >= 11 is 6.17. The molecule has 0 unspecified atom stereocenters. The van der Waals surface area contributed by atoms with Gasteiger partial charge in [0, 0.05) is 43.5 Å². The summed E-state index contributed by atoms with van der Waals surface area (Å²) in [5, 5.41) is 5.86. The highest BCUT2D eigenvalue weighted by molar-refractivity contribution is 6.33. The van der Waals surface area contributed by atoms with E-state index in [2.05, 4.69) is 20.6 Å². The topological polar surface area (TPSA) is 90.1 Å². The Morgan fingerprint density at radius 2 is 2.04 bits per heavy atom. The molecule has 1 aromatic heterocycles. The van der Waals surface area contributed by atoms with Crippen LogP contribution >= 0.6 is 11.6 Å². The van der Waals surface area contributed by atoms with Gasteiger partial charge in [-0.25, -0.2) is 9.78 Å². The highest BCUT2D eigenvalue weighted by Gasteiger charge is 2.19. The summed E-state index contributed by atoms with van der Waals surface area (Å²) in [7, 11) is 0. The van der Waals surface area contributed by atoms with Crippen molar-refractivity contribution in [1.29, 1.82) is 0 Å². The molecule has 1 aromatic carbocycles. The molecule has 1 aliphatic rings. The summed E-state index contributed by atoms with van der Waals surface area (Å²) in [6.07, 6.45) is 7.18. The van der Waals surface area contributed by atoms with Gasteiger partial charge >= 0.3 is 6.03 Å². The maximum absolute atomic E-state index is 12.6. The van der Waals surface area contributed by atoms with Gasteiger partial charge in [0.25, 0.3) is 5.91 Å². The first kappa shape index (κ1) is 18.3. The van der Waals surface area contributed by atoms with E-state index in [4.69, 9.17) is 11.6 Å². The lowest BCUT2D eigenvalue weighted by Gasteiger charge is -2.27. The van der Waals surface area contributed by atoms with Crippen molar-refractivity contribution in [2.75, 3.05) is 25.0 Å². The van der Waals surface area contributed by atoms with Crippen LogP contribution in [0.4, 0.5) is 10.5 Å². The molecule has 1 aliphatic heterocycles. The Balaban J connectivity index is 1.58. The number of amides is 3. The number of carbonyl (C=O) groups excluding carboxylic acids is 2. The number of urea groups is 1. The maximum Gasteiger partial charge on any atom is 0.319 e. The van der Waals surface area contributed by atoms with Gasteiger partial charge in [-0.05, 0) is 37.5 Å². The Hall–Kier alpha value is -2.54. The number of imidazole rings is 1. The third kappa shape index (κ3) is 4.76. The summed E-state index contributed by atoms with van der Waals surface area (Å²) in [6, 6.07) is 4.60. The van der Waals surface area contributed by atoms with Crippen molar-refractivity contribution in [3.63, 3.8) is 0 Å². The summed E-state index contributed by atoms with van der Waals surface area (Å²) in [6.45, 7) is 2.01. The van der Waals surface area contributed by atoms with Gasteiger partial charge in [0.05, 0.1) is 17.0 Å². The van der Waals surface area contributed by atoms with E-state index in [0.29, 0.717) is 29.2 Å². The summed E-state index contributed by atoms with van der Waals surface area (Å²) in [5.74, 6) is -0.0240. The van der Waals surface area contributed by atoms with E-state index in [1.54, 1.807) is 30.7 Å².